The van der Waals surface area contributed by atoms with Gasteiger partial charge < -0.3 is 16.2 Å². The van der Waals surface area contributed by atoms with Crippen LogP contribution >= 0.6 is 0 Å². The summed E-state index contributed by atoms with van der Waals surface area (Å²) in [5.41, 5.74) is 6.32. The van der Waals surface area contributed by atoms with Crippen molar-refractivity contribution in [3.8, 4) is 0 Å². The highest BCUT2D eigenvalue weighted by Gasteiger charge is 2.41. The number of aliphatic hydroxyl groups excluding tert-OH is 1. The van der Waals surface area contributed by atoms with E-state index in [-0.39, 0.29) is 17.7 Å². The Morgan fingerprint density at radius 3 is 2.80 bits per heavy atom. The van der Waals surface area contributed by atoms with Crippen LogP contribution in [0, 0.1) is 11.2 Å². The molecule has 0 aromatic heterocycles. The molecule has 4 N–H and O–H groups in total. The second-order valence-electron chi connectivity index (χ2n) is 4.21. The van der Waals surface area contributed by atoms with E-state index in [1.807, 2.05) is 0 Å². The normalized spacial score (nSPS) is 17.5. The Morgan fingerprint density at radius 1 is 1.47 bits per heavy atom. The molecule has 1 aromatic rings. The molecule has 0 bridgehead atoms. The number of nitrogens with two attached hydrogens (primary N) is 1. The molecule has 3 nitrogen and oxygen atoms in total. The molecule has 1 aliphatic rings. The van der Waals surface area contributed by atoms with Crippen LogP contribution in [0.25, 0.3) is 0 Å². The Balaban J connectivity index is 2.02. The number of nitrogen functional groups attached to an aromatic ring is 1. The van der Waals surface area contributed by atoms with Crippen LogP contribution in [0.2, 0.25) is 0 Å². The first-order valence-corrected chi connectivity index (χ1v) is 5.06. The minimum Gasteiger partial charge on any atom is -0.396 e. The molecule has 0 amide bonds. The van der Waals surface area contributed by atoms with E-state index in [4.69, 9.17) is 10.8 Å². The van der Waals surface area contributed by atoms with Crippen LogP contribution in [0.4, 0.5) is 15.8 Å². The summed E-state index contributed by atoms with van der Waals surface area (Å²) in [5.74, 6) is -0.408. The van der Waals surface area contributed by atoms with Gasteiger partial charge in [-0.25, -0.2) is 4.39 Å². The summed E-state index contributed by atoms with van der Waals surface area (Å²) in [6, 6.07) is 4.69. The predicted octanol–water partition coefficient (Wildman–Crippen LogP) is 1.59. The third kappa shape index (κ3) is 2.04. The summed E-state index contributed by atoms with van der Waals surface area (Å²) in [6.45, 7) is 0.826. The van der Waals surface area contributed by atoms with Gasteiger partial charge in [0.2, 0.25) is 0 Å². The highest BCUT2D eigenvalue weighted by molar-refractivity contribution is 5.66. The van der Waals surface area contributed by atoms with Gasteiger partial charge in [-0.1, -0.05) is 6.07 Å². The second kappa shape index (κ2) is 3.70. The summed E-state index contributed by atoms with van der Waals surface area (Å²) in [5, 5.41) is 12.2. The van der Waals surface area contributed by atoms with Crippen molar-refractivity contribution in [2.75, 3.05) is 24.2 Å². The molecule has 0 unspecified atom stereocenters. The van der Waals surface area contributed by atoms with Crippen molar-refractivity contribution >= 4 is 11.4 Å². The number of hydrogen-bond acceptors (Lipinski definition) is 3. The maximum Gasteiger partial charge on any atom is 0.148 e. The largest absolute Gasteiger partial charge is 0.396 e. The van der Waals surface area contributed by atoms with Crippen molar-refractivity contribution in [2.45, 2.75) is 12.8 Å². The minimum absolute atomic E-state index is 0.00123. The summed E-state index contributed by atoms with van der Waals surface area (Å²) in [7, 11) is 0. The van der Waals surface area contributed by atoms with Gasteiger partial charge in [0.25, 0.3) is 0 Å². The maximum atomic E-state index is 13.1. The lowest BCUT2D eigenvalue weighted by Gasteiger charge is -2.15. The number of hydrogen-bond donors (Lipinski definition) is 3. The van der Waals surface area contributed by atoms with E-state index < -0.39 is 5.82 Å². The zero-order chi connectivity index (χ0) is 10.9. The highest BCUT2D eigenvalue weighted by atomic mass is 19.1. The average molecular weight is 210 g/mol. The molecule has 4 heteroatoms. The van der Waals surface area contributed by atoms with Gasteiger partial charge in [-0.05, 0) is 25.0 Å². The fourth-order valence-electron chi connectivity index (χ4n) is 1.54. The summed E-state index contributed by atoms with van der Waals surface area (Å²) in [6.07, 6.45) is 2.04. The number of benzene rings is 1. The average Bonchev–Trinajstić information content (AvgIpc) is 3.01. The topological polar surface area (TPSA) is 58.3 Å². The van der Waals surface area contributed by atoms with Crippen molar-refractivity contribution in [1.29, 1.82) is 0 Å². The maximum absolute atomic E-state index is 13.1. The summed E-state index contributed by atoms with van der Waals surface area (Å²) >= 11 is 0. The number of rotatable bonds is 4. The zero-order valence-corrected chi connectivity index (χ0v) is 8.46. The molecule has 1 aromatic carbocycles. The fourth-order valence-corrected chi connectivity index (χ4v) is 1.54. The molecule has 1 saturated carbocycles. The molecule has 15 heavy (non-hydrogen) atoms. The van der Waals surface area contributed by atoms with E-state index >= 15 is 0 Å². The first kappa shape index (κ1) is 10.2. The van der Waals surface area contributed by atoms with Crippen LogP contribution in [0.15, 0.2) is 18.2 Å². The molecule has 0 spiro atoms. The third-order valence-corrected chi connectivity index (χ3v) is 3.00. The standard InChI is InChI=1S/C11H15FN2O/c12-8-2-1-3-9(10(8)13)14-6-11(7-15)4-5-11/h1-3,14-15H,4-7,13H2. The van der Waals surface area contributed by atoms with Crippen molar-refractivity contribution in [1.82, 2.24) is 0 Å². The molecule has 82 valence electrons. The lowest BCUT2D eigenvalue weighted by atomic mass is 10.1. The fraction of sp³-hybridized carbons (Fsp3) is 0.455. The number of anilines is 2. The van der Waals surface area contributed by atoms with Gasteiger partial charge in [-0.2, -0.15) is 0 Å². The molecule has 2 rings (SSSR count). The number of aliphatic hydroxyl groups is 1. The lowest BCUT2D eigenvalue weighted by molar-refractivity contribution is 0.220. The van der Waals surface area contributed by atoms with Gasteiger partial charge in [0, 0.05) is 12.0 Å². The van der Waals surface area contributed by atoms with E-state index in [0.717, 1.165) is 12.8 Å². The zero-order valence-electron chi connectivity index (χ0n) is 8.46. The van der Waals surface area contributed by atoms with Gasteiger partial charge in [0.1, 0.15) is 5.82 Å². The van der Waals surface area contributed by atoms with Crippen LogP contribution in [-0.4, -0.2) is 18.3 Å². The molecule has 0 aliphatic heterocycles. The first-order valence-electron chi connectivity index (χ1n) is 5.06. The molecule has 0 atom stereocenters. The van der Waals surface area contributed by atoms with E-state index in [1.54, 1.807) is 12.1 Å². The van der Waals surface area contributed by atoms with E-state index in [9.17, 15) is 4.39 Å². The van der Waals surface area contributed by atoms with Gasteiger partial charge in [0.05, 0.1) is 18.0 Å². The molecule has 0 radical (unpaired) electrons. The smallest absolute Gasteiger partial charge is 0.148 e. The molecule has 0 heterocycles. The van der Waals surface area contributed by atoms with E-state index in [2.05, 4.69) is 5.32 Å². The quantitative estimate of drug-likeness (QED) is 0.661. The lowest BCUT2D eigenvalue weighted by Crippen LogP contribution is -2.19. The predicted molar refractivity (Wildman–Crippen MR) is 58.1 cm³/mol. The highest BCUT2D eigenvalue weighted by Crippen LogP contribution is 2.45. The van der Waals surface area contributed by atoms with Gasteiger partial charge in [0.15, 0.2) is 0 Å². The Bertz CT molecular complexity index is 364. The van der Waals surface area contributed by atoms with Crippen LogP contribution in [0.5, 0.6) is 0 Å². The minimum atomic E-state index is -0.408. The van der Waals surface area contributed by atoms with Crippen molar-refractivity contribution in [2.24, 2.45) is 5.41 Å². The van der Waals surface area contributed by atoms with Crippen molar-refractivity contribution in [3.05, 3.63) is 24.0 Å². The number of para-hydroxylation sites is 1. The Kier molecular flexibility index (Phi) is 2.52. The van der Waals surface area contributed by atoms with Crippen molar-refractivity contribution in [3.63, 3.8) is 0 Å². The summed E-state index contributed by atoms with van der Waals surface area (Å²) in [4.78, 5) is 0. The van der Waals surface area contributed by atoms with E-state index in [0.29, 0.717) is 12.2 Å². The van der Waals surface area contributed by atoms with Crippen LogP contribution in [-0.2, 0) is 0 Å². The second-order valence-corrected chi connectivity index (χ2v) is 4.21. The third-order valence-electron chi connectivity index (χ3n) is 3.00. The molecular formula is C11H15FN2O. The van der Waals surface area contributed by atoms with Crippen LogP contribution < -0.4 is 11.1 Å². The summed E-state index contributed by atoms with van der Waals surface area (Å²) < 4.78 is 13.1. The Labute approximate surface area is 88.1 Å². The van der Waals surface area contributed by atoms with E-state index in [1.165, 1.54) is 6.07 Å². The number of nitrogens with one attached hydrogen (secondary N) is 1. The Morgan fingerprint density at radius 2 is 2.20 bits per heavy atom. The molecule has 1 fully saturated rings. The molecule has 0 saturated heterocycles. The van der Waals surface area contributed by atoms with Gasteiger partial charge >= 0.3 is 0 Å². The van der Waals surface area contributed by atoms with Crippen LogP contribution in [0.3, 0.4) is 0 Å². The SMILES string of the molecule is Nc1c(F)cccc1NCC1(CO)CC1. The number of halogens is 1. The van der Waals surface area contributed by atoms with Gasteiger partial charge in [-0.3, -0.25) is 0 Å². The van der Waals surface area contributed by atoms with Crippen molar-refractivity contribution < 1.29 is 9.50 Å². The van der Waals surface area contributed by atoms with Gasteiger partial charge in [-0.15, -0.1) is 0 Å². The van der Waals surface area contributed by atoms with Crippen LogP contribution in [0.1, 0.15) is 12.8 Å². The first-order chi connectivity index (χ1) is 7.17. The Hall–Kier alpha value is -1.29. The monoisotopic (exact) mass is 210 g/mol. The molecular weight excluding hydrogens is 195 g/mol. The molecule has 1 aliphatic carbocycles.